The van der Waals surface area contributed by atoms with Crippen molar-refractivity contribution in [2.75, 3.05) is 13.1 Å². The molecule has 0 aromatic carbocycles. The van der Waals surface area contributed by atoms with Gasteiger partial charge in [-0.25, -0.2) is 0 Å². The van der Waals surface area contributed by atoms with Gasteiger partial charge in [-0.2, -0.15) is 0 Å². The molecule has 1 atom stereocenters. The Balaban J connectivity index is 2.11. The third-order valence-corrected chi connectivity index (χ3v) is 3.44. The van der Waals surface area contributed by atoms with Crippen LogP contribution in [-0.2, 0) is 6.42 Å². The van der Waals surface area contributed by atoms with Gasteiger partial charge in [0.05, 0.1) is 11.8 Å². The van der Waals surface area contributed by atoms with E-state index < -0.39 is 0 Å². The molecule has 1 aliphatic rings. The number of hydrogen-bond donors (Lipinski definition) is 1. The van der Waals surface area contributed by atoms with E-state index in [0.29, 0.717) is 24.4 Å². The predicted molar refractivity (Wildman–Crippen MR) is 60.4 cm³/mol. The van der Waals surface area contributed by atoms with Crippen LogP contribution in [0.5, 0.6) is 0 Å². The second-order valence-electron chi connectivity index (χ2n) is 3.99. The molecule has 6 heteroatoms. The highest BCUT2D eigenvalue weighted by molar-refractivity contribution is 7.08. The number of carbonyl (C=O) groups is 1. The summed E-state index contributed by atoms with van der Waals surface area (Å²) in [6.45, 7) is 3.11. The zero-order chi connectivity index (χ0) is 11.5. The third kappa shape index (κ3) is 2.22. The van der Waals surface area contributed by atoms with Gasteiger partial charge in [0.25, 0.3) is 5.91 Å². The van der Waals surface area contributed by atoms with E-state index >= 15 is 0 Å². The molecule has 0 bridgehead atoms. The van der Waals surface area contributed by atoms with Gasteiger partial charge in [0.2, 0.25) is 0 Å². The van der Waals surface area contributed by atoms with E-state index in [1.165, 1.54) is 0 Å². The van der Waals surface area contributed by atoms with Crippen LogP contribution in [0.3, 0.4) is 0 Å². The summed E-state index contributed by atoms with van der Waals surface area (Å²) in [5, 5.41) is 13.4. The van der Waals surface area contributed by atoms with E-state index in [1.807, 2.05) is 6.92 Å². The molecule has 1 aromatic rings. The lowest BCUT2D eigenvalue weighted by Crippen LogP contribution is -2.29. The number of carbonyl (C=O) groups excluding carboxylic acids is 1. The minimum absolute atomic E-state index is 0.0324. The van der Waals surface area contributed by atoms with Crippen LogP contribution in [0, 0.1) is 0 Å². The Hall–Kier alpha value is -1.01. The van der Waals surface area contributed by atoms with Crippen LogP contribution in [0.25, 0.3) is 0 Å². The molecule has 1 saturated heterocycles. The fourth-order valence-electron chi connectivity index (χ4n) is 1.84. The van der Waals surface area contributed by atoms with Crippen molar-refractivity contribution in [3.8, 4) is 0 Å². The predicted octanol–water partition coefficient (Wildman–Crippen LogP) is 0.697. The maximum atomic E-state index is 12.1. The van der Waals surface area contributed by atoms with E-state index in [0.717, 1.165) is 30.1 Å². The quantitative estimate of drug-likeness (QED) is 0.846. The van der Waals surface area contributed by atoms with Gasteiger partial charge in [0, 0.05) is 13.1 Å². The third-order valence-electron chi connectivity index (χ3n) is 2.69. The van der Waals surface area contributed by atoms with Crippen molar-refractivity contribution in [1.82, 2.24) is 14.5 Å². The lowest BCUT2D eigenvalue weighted by atomic mass is 10.2. The molecule has 1 aliphatic heterocycles. The molecular weight excluding hydrogens is 226 g/mol. The van der Waals surface area contributed by atoms with Crippen molar-refractivity contribution in [2.45, 2.75) is 32.3 Å². The van der Waals surface area contributed by atoms with Gasteiger partial charge in [-0.1, -0.05) is 17.8 Å². The minimum atomic E-state index is -0.376. The maximum absolute atomic E-state index is 12.1. The number of hydrogen-bond acceptors (Lipinski definition) is 5. The second kappa shape index (κ2) is 4.88. The van der Waals surface area contributed by atoms with E-state index in [9.17, 15) is 9.90 Å². The Labute approximate surface area is 98.2 Å². The van der Waals surface area contributed by atoms with Crippen molar-refractivity contribution < 1.29 is 9.90 Å². The Bertz CT molecular complexity index is 380. The topological polar surface area (TPSA) is 66.3 Å². The van der Waals surface area contributed by atoms with Crippen LogP contribution in [-0.4, -0.2) is 44.7 Å². The van der Waals surface area contributed by atoms with Crippen LogP contribution >= 0.6 is 11.5 Å². The molecule has 0 saturated carbocycles. The summed E-state index contributed by atoms with van der Waals surface area (Å²) < 4.78 is 3.83. The number of β-amino-alcohol motifs (C(OH)–C–C–N with tert-alkyl or cyclic N) is 1. The summed E-state index contributed by atoms with van der Waals surface area (Å²) in [7, 11) is 0. The van der Waals surface area contributed by atoms with E-state index in [2.05, 4.69) is 9.59 Å². The van der Waals surface area contributed by atoms with Crippen LogP contribution in [0.4, 0.5) is 0 Å². The van der Waals surface area contributed by atoms with E-state index in [-0.39, 0.29) is 12.0 Å². The van der Waals surface area contributed by atoms with Crippen molar-refractivity contribution in [1.29, 1.82) is 0 Å². The zero-order valence-corrected chi connectivity index (χ0v) is 10.0. The van der Waals surface area contributed by atoms with E-state index in [1.54, 1.807) is 4.90 Å². The van der Waals surface area contributed by atoms with Gasteiger partial charge in [0.15, 0.2) is 0 Å². The first-order valence-electron chi connectivity index (χ1n) is 5.51. The Morgan fingerprint density at radius 1 is 1.69 bits per heavy atom. The van der Waals surface area contributed by atoms with E-state index in [4.69, 9.17) is 0 Å². The van der Waals surface area contributed by atoms with Crippen molar-refractivity contribution >= 4 is 17.4 Å². The molecule has 16 heavy (non-hydrogen) atoms. The minimum Gasteiger partial charge on any atom is -0.391 e. The first-order valence-corrected chi connectivity index (χ1v) is 6.28. The average molecular weight is 241 g/mol. The summed E-state index contributed by atoms with van der Waals surface area (Å²) in [5.41, 5.74) is 0.791. The molecule has 1 fully saturated rings. The number of aliphatic hydroxyl groups is 1. The number of nitrogens with zero attached hydrogens (tertiary/aromatic N) is 3. The highest BCUT2D eigenvalue weighted by atomic mass is 32.1. The van der Waals surface area contributed by atoms with Crippen LogP contribution in [0.1, 0.15) is 35.1 Å². The number of likely N-dealkylation sites (tertiary alicyclic amines) is 1. The highest BCUT2D eigenvalue weighted by Gasteiger charge is 2.28. The summed E-state index contributed by atoms with van der Waals surface area (Å²) in [4.78, 5) is 14.4. The van der Waals surface area contributed by atoms with Crippen molar-refractivity contribution in [2.24, 2.45) is 0 Å². The van der Waals surface area contributed by atoms with Crippen LogP contribution in [0.2, 0.25) is 0 Å². The summed E-state index contributed by atoms with van der Waals surface area (Å²) in [5.74, 6) is -0.0324. The average Bonchev–Trinajstić information content (AvgIpc) is 2.87. The zero-order valence-electron chi connectivity index (χ0n) is 9.22. The molecule has 88 valence electrons. The molecular formula is C10H15N3O2S. The number of amides is 1. The Morgan fingerprint density at radius 2 is 2.50 bits per heavy atom. The summed E-state index contributed by atoms with van der Waals surface area (Å²) >= 11 is 1.15. The van der Waals surface area contributed by atoms with Gasteiger partial charge in [0.1, 0.15) is 4.88 Å². The van der Waals surface area contributed by atoms with Gasteiger partial charge in [-0.15, -0.1) is 5.10 Å². The molecule has 1 aromatic heterocycles. The standard InChI is InChI=1S/C10H15N3O2S/c1-2-3-8-9(16-12-11-8)10(15)13-5-4-7(14)6-13/h7,14H,2-6H2,1H3/t7-/m1/s1. The van der Waals surface area contributed by atoms with Crippen molar-refractivity contribution in [3.05, 3.63) is 10.6 Å². The number of aromatic nitrogens is 2. The summed E-state index contributed by atoms with van der Waals surface area (Å²) in [6.07, 6.45) is 2.03. The molecule has 5 nitrogen and oxygen atoms in total. The molecule has 1 amide bonds. The monoisotopic (exact) mass is 241 g/mol. The number of aryl methyl sites for hydroxylation is 1. The summed E-state index contributed by atoms with van der Waals surface area (Å²) in [6, 6.07) is 0. The highest BCUT2D eigenvalue weighted by Crippen LogP contribution is 2.18. The number of rotatable bonds is 3. The lowest BCUT2D eigenvalue weighted by Gasteiger charge is -2.14. The fraction of sp³-hybridized carbons (Fsp3) is 0.700. The Morgan fingerprint density at radius 3 is 3.12 bits per heavy atom. The maximum Gasteiger partial charge on any atom is 0.267 e. The van der Waals surface area contributed by atoms with Crippen LogP contribution in [0.15, 0.2) is 0 Å². The largest absolute Gasteiger partial charge is 0.391 e. The molecule has 2 heterocycles. The lowest BCUT2D eigenvalue weighted by molar-refractivity contribution is 0.0768. The smallest absolute Gasteiger partial charge is 0.267 e. The van der Waals surface area contributed by atoms with Gasteiger partial charge in [-0.05, 0) is 24.4 Å². The molecule has 1 N–H and O–H groups in total. The van der Waals surface area contributed by atoms with Gasteiger partial charge in [-0.3, -0.25) is 4.79 Å². The van der Waals surface area contributed by atoms with Crippen LogP contribution < -0.4 is 0 Å². The molecule has 0 radical (unpaired) electrons. The molecule has 2 rings (SSSR count). The van der Waals surface area contributed by atoms with Crippen molar-refractivity contribution in [3.63, 3.8) is 0 Å². The normalized spacial score (nSPS) is 20.4. The molecule has 0 spiro atoms. The first-order chi connectivity index (χ1) is 7.72. The number of aliphatic hydroxyl groups excluding tert-OH is 1. The van der Waals surface area contributed by atoms with Gasteiger partial charge < -0.3 is 10.0 Å². The first kappa shape index (κ1) is 11.5. The van der Waals surface area contributed by atoms with Gasteiger partial charge >= 0.3 is 0 Å². The second-order valence-corrected chi connectivity index (χ2v) is 4.75. The Kier molecular flexibility index (Phi) is 3.50. The SMILES string of the molecule is CCCc1nnsc1C(=O)N1CC[C@@H](O)C1. The fourth-order valence-corrected chi connectivity index (χ4v) is 2.52. The molecule has 0 aliphatic carbocycles. The molecule has 0 unspecified atom stereocenters.